The van der Waals surface area contributed by atoms with Gasteiger partial charge in [-0.15, -0.1) is 11.3 Å². The Balaban J connectivity index is 1.55. The van der Waals surface area contributed by atoms with Gasteiger partial charge in [0.2, 0.25) is 5.91 Å². The van der Waals surface area contributed by atoms with Gasteiger partial charge in [0.15, 0.2) is 0 Å². The fourth-order valence-corrected chi connectivity index (χ4v) is 4.18. The predicted molar refractivity (Wildman–Crippen MR) is 109 cm³/mol. The Morgan fingerprint density at radius 3 is 2.74 bits per heavy atom. The van der Waals surface area contributed by atoms with Crippen molar-refractivity contribution in [1.82, 2.24) is 15.0 Å². The molecule has 0 fully saturated rings. The van der Waals surface area contributed by atoms with E-state index in [2.05, 4.69) is 20.3 Å². The van der Waals surface area contributed by atoms with Crippen molar-refractivity contribution in [1.29, 1.82) is 0 Å². The highest BCUT2D eigenvalue weighted by atomic mass is 32.1. The van der Waals surface area contributed by atoms with E-state index in [-0.39, 0.29) is 12.3 Å². The second-order valence-corrected chi connectivity index (χ2v) is 7.48. The molecule has 0 bridgehead atoms. The number of aromatic nitrogens is 3. The molecule has 4 aromatic heterocycles. The number of rotatable bonds is 6. The molecule has 5 nitrogen and oxygen atoms in total. The summed E-state index contributed by atoms with van der Waals surface area (Å²) in [6.07, 6.45) is 5.36. The number of thiazole rings is 1. The van der Waals surface area contributed by atoms with Crippen molar-refractivity contribution < 1.29 is 4.79 Å². The van der Waals surface area contributed by atoms with Crippen LogP contribution in [-0.4, -0.2) is 20.9 Å². The van der Waals surface area contributed by atoms with Crippen molar-refractivity contribution in [3.05, 3.63) is 82.5 Å². The first kappa shape index (κ1) is 17.5. The van der Waals surface area contributed by atoms with E-state index in [9.17, 15) is 4.79 Å². The van der Waals surface area contributed by atoms with Crippen molar-refractivity contribution in [2.45, 2.75) is 13.0 Å². The second kappa shape index (κ2) is 8.20. The Bertz CT molecular complexity index is 1000. The molecule has 4 aromatic rings. The summed E-state index contributed by atoms with van der Waals surface area (Å²) < 4.78 is 0. The van der Waals surface area contributed by atoms with Crippen LogP contribution in [0.1, 0.15) is 11.4 Å². The molecule has 0 unspecified atom stereocenters. The van der Waals surface area contributed by atoms with Gasteiger partial charge in [-0.05, 0) is 35.7 Å². The van der Waals surface area contributed by atoms with E-state index in [4.69, 9.17) is 0 Å². The van der Waals surface area contributed by atoms with Gasteiger partial charge in [-0.25, -0.2) is 4.98 Å². The SMILES string of the molecule is O=C(Cc1csc(-c2ccsc2)n1)N(Cc1ccccn1)c1cccnc1. The molecule has 0 aliphatic heterocycles. The van der Waals surface area contributed by atoms with Crippen LogP contribution in [0.25, 0.3) is 10.6 Å². The number of hydrogen-bond donors (Lipinski definition) is 0. The highest BCUT2D eigenvalue weighted by Gasteiger charge is 2.19. The number of anilines is 1. The van der Waals surface area contributed by atoms with Crippen molar-refractivity contribution in [3.8, 4) is 10.6 Å². The number of hydrogen-bond acceptors (Lipinski definition) is 6. The highest BCUT2D eigenvalue weighted by molar-refractivity contribution is 7.14. The van der Waals surface area contributed by atoms with Gasteiger partial charge < -0.3 is 4.90 Å². The van der Waals surface area contributed by atoms with E-state index in [0.29, 0.717) is 6.54 Å². The Kier molecular flexibility index (Phi) is 5.32. The van der Waals surface area contributed by atoms with Gasteiger partial charge in [-0.2, -0.15) is 11.3 Å². The van der Waals surface area contributed by atoms with Crippen molar-refractivity contribution in [2.24, 2.45) is 0 Å². The second-order valence-electron chi connectivity index (χ2n) is 5.84. The minimum absolute atomic E-state index is 0.0316. The molecular formula is C20H16N4OS2. The van der Waals surface area contributed by atoms with Gasteiger partial charge >= 0.3 is 0 Å². The number of pyridine rings is 2. The molecule has 0 saturated heterocycles. The molecule has 4 heterocycles. The molecule has 0 saturated carbocycles. The Labute approximate surface area is 165 Å². The first-order valence-corrected chi connectivity index (χ1v) is 10.2. The molecule has 4 rings (SSSR count). The molecule has 27 heavy (non-hydrogen) atoms. The zero-order valence-electron chi connectivity index (χ0n) is 14.4. The lowest BCUT2D eigenvalue weighted by Crippen LogP contribution is -2.32. The van der Waals surface area contributed by atoms with Crippen LogP contribution < -0.4 is 4.90 Å². The van der Waals surface area contributed by atoms with E-state index in [1.54, 1.807) is 46.2 Å². The van der Waals surface area contributed by atoms with Gasteiger partial charge in [-0.3, -0.25) is 14.8 Å². The summed E-state index contributed by atoms with van der Waals surface area (Å²) in [6.45, 7) is 0.396. The summed E-state index contributed by atoms with van der Waals surface area (Å²) >= 11 is 3.20. The van der Waals surface area contributed by atoms with Crippen molar-refractivity contribution >= 4 is 34.3 Å². The summed E-state index contributed by atoms with van der Waals surface area (Å²) in [4.78, 5) is 27.9. The molecule has 0 radical (unpaired) electrons. The van der Waals surface area contributed by atoms with Gasteiger partial charge in [-0.1, -0.05) is 6.07 Å². The Morgan fingerprint density at radius 1 is 1.04 bits per heavy atom. The molecule has 0 aliphatic carbocycles. The van der Waals surface area contributed by atoms with Crippen LogP contribution >= 0.6 is 22.7 Å². The number of thiophene rings is 1. The number of amides is 1. The average molecular weight is 393 g/mol. The van der Waals surface area contributed by atoms with Crippen LogP contribution in [0.15, 0.2) is 71.1 Å². The maximum absolute atomic E-state index is 13.1. The first-order valence-electron chi connectivity index (χ1n) is 8.37. The molecule has 1 amide bonds. The summed E-state index contributed by atoms with van der Waals surface area (Å²) in [5.41, 5.74) is 3.45. The largest absolute Gasteiger partial charge is 0.305 e. The third-order valence-corrected chi connectivity index (χ3v) is 5.58. The van der Waals surface area contributed by atoms with E-state index in [1.807, 2.05) is 47.2 Å². The third-order valence-electron chi connectivity index (χ3n) is 3.96. The summed E-state index contributed by atoms with van der Waals surface area (Å²) in [5.74, 6) is -0.0316. The van der Waals surface area contributed by atoms with Crippen LogP contribution in [0, 0.1) is 0 Å². The minimum Gasteiger partial charge on any atom is -0.305 e. The zero-order chi connectivity index (χ0) is 18.5. The monoisotopic (exact) mass is 392 g/mol. The average Bonchev–Trinajstić information content (AvgIpc) is 3.39. The molecule has 0 atom stereocenters. The smallest absolute Gasteiger partial charge is 0.233 e. The topological polar surface area (TPSA) is 59.0 Å². The summed E-state index contributed by atoms with van der Waals surface area (Å²) in [6, 6.07) is 11.4. The summed E-state index contributed by atoms with van der Waals surface area (Å²) in [7, 11) is 0. The van der Waals surface area contributed by atoms with Gasteiger partial charge in [0.1, 0.15) is 5.01 Å². The van der Waals surface area contributed by atoms with Crippen LogP contribution in [-0.2, 0) is 17.8 Å². The summed E-state index contributed by atoms with van der Waals surface area (Å²) in [5, 5.41) is 6.98. The maximum Gasteiger partial charge on any atom is 0.233 e. The predicted octanol–water partition coefficient (Wildman–Crippen LogP) is 4.44. The van der Waals surface area contributed by atoms with Crippen LogP contribution in [0.3, 0.4) is 0 Å². The Hall–Kier alpha value is -2.90. The highest BCUT2D eigenvalue weighted by Crippen LogP contribution is 2.26. The van der Waals surface area contributed by atoms with E-state index in [1.165, 1.54) is 0 Å². The molecule has 0 spiro atoms. The van der Waals surface area contributed by atoms with Crippen LogP contribution in [0.2, 0.25) is 0 Å². The third kappa shape index (κ3) is 4.27. The minimum atomic E-state index is -0.0316. The molecule has 0 aromatic carbocycles. The molecule has 0 aliphatic rings. The lowest BCUT2D eigenvalue weighted by atomic mass is 10.2. The number of carbonyl (C=O) groups excluding carboxylic acids is 1. The molecule has 0 N–H and O–H groups in total. The fourth-order valence-electron chi connectivity index (χ4n) is 2.65. The molecule has 7 heteroatoms. The molecule has 134 valence electrons. The van der Waals surface area contributed by atoms with Gasteiger partial charge in [0.05, 0.1) is 36.2 Å². The Morgan fingerprint density at radius 2 is 2.00 bits per heavy atom. The van der Waals surface area contributed by atoms with Crippen LogP contribution in [0.5, 0.6) is 0 Å². The van der Waals surface area contributed by atoms with Gasteiger partial charge in [0.25, 0.3) is 0 Å². The number of nitrogens with zero attached hydrogens (tertiary/aromatic N) is 4. The lowest BCUT2D eigenvalue weighted by Gasteiger charge is -2.22. The van der Waals surface area contributed by atoms with E-state index in [0.717, 1.165) is 27.6 Å². The maximum atomic E-state index is 13.1. The first-order chi connectivity index (χ1) is 13.3. The van der Waals surface area contributed by atoms with E-state index >= 15 is 0 Å². The zero-order valence-corrected chi connectivity index (χ0v) is 16.0. The van der Waals surface area contributed by atoms with E-state index < -0.39 is 0 Å². The van der Waals surface area contributed by atoms with Gasteiger partial charge in [0, 0.05) is 28.7 Å². The number of carbonyl (C=O) groups is 1. The fraction of sp³-hybridized carbons (Fsp3) is 0.100. The normalized spacial score (nSPS) is 10.7. The lowest BCUT2D eigenvalue weighted by molar-refractivity contribution is -0.118. The van der Waals surface area contributed by atoms with Crippen LogP contribution in [0.4, 0.5) is 5.69 Å². The van der Waals surface area contributed by atoms with Crippen molar-refractivity contribution in [3.63, 3.8) is 0 Å². The van der Waals surface area contributed by atoms with Crippen molar-refractivity contribution in [2.75, 3.05) is 4.90 Å². The quantitative estimate of drug-likeness (QED) is 0.487. The standard InChI is InChI=1S/C20H16N4OS2/c25-19(10-17-14-27-20(23-17)15-6-9-26-13-15)24(18-5-3-7-21-11-18)12-16-4-1-2-8-22-16/h1-9,11,13-14H,10,12H2. The molecular weight excluding hydrogens is 376 g/mol.